The Morgan fingerprint density at radius 3 is 2.57 bits per heavy atom. The summed E-state index contributed by atoms with van der Waals surface area (Å²) >= 11 is 0. The third kappa shape index (κ3) is 9.20. The van der Waals surface area contributed by atoms with Crippen LogP contribution in [0.2, 0.25) is 0 Å². The van der Waals surface area contributed by atoms with Crippen LogP contribution in [0.3, 0.4) is 0 Å². The predicted molar refractivity (Wildman–Crippen MR) is 114 cm³/mol. The van der Waals surface area contributed by atoms with Gasteiger partial charge in [-0.05, 0) is 24.5 Å². The Kier molecular flexibility index (Phi) is 10.8. The number of benzene rings is 1. The minimum atomic E-state index is -0.870. The molecule has 0 spiro atoms. The second-order valence-corrected chi connectivity index (χ2v) is 7.81. The van der Waals surface area contributed by atoms with Gasteiger partial charge in [-0.1, -0.05) is 49.8 Å². The smallest absolute Gasteiger partial charge is 0.308 e. The van der Waals surface area contributed by atoms with Crippen molar-refractivity contribution in [1.82, 2.24) is 0 Å². The number of esters is 1. The number of ether oxygens (including phenoxy) is 3. The zero-order chi connectivity index (χ0) is 21.8. The Hall–Kier alpha value is -2.02. The van der Waals surface area contributed by atoms with Crippen molar-refractivity contribution in [3.05, 3.63) is 48.0 Å². The van der Waals surface area contributed by atoms with Gasteiger partial charge in [0.2, 0.25) is 0 Å². The van der Waals surface area contributed by atoms with Crippen LogP contribution in [0.15, 0.2) is 42.5 Å². The van der Waals surface area contributed by atoms with E-state index in [1.54, 1.807) is 19.3 Å². The summed E-state index contributed by atoms with van der Waals surface area (Å²) in [7, 11) is 1.56. The summed E-state index contributed by atoms with van der Waals surface area (Å²) < 4.78 is 17.0. The number of hydrogen-bond acceptors (Lipinski definition) is 6. The first-order valence-corrected chi connectivity index (χ1v) is 10.7. The van der Waals surface area contributed by atoms with E-state index >= 15 is 0 Å². The summed E-state index contributed by atoms with van der Waals surface area (Å²) in [5, 5.41) is 10.4. The first-order valence-electron chi connectivity index (χ1n) is 10.7. The highest BCUT2D eigenvalue weighted by Gasteiger charge is 2.24. The van der Waals surface area contributed by atoms with Crippen molar-refractivity contribution in [3.63, 3.8) is 0 Å². The van der Waals surface area contributed by atoms with Crippen molar-refractivity contribution in [2.75, 3.05) is 7.11 Å². The molecule has 30 heavy (non-hydrogen) atoms. The molecule has 0 fully saturated rings. The van der Waals surface area contributed by atoms with Crippen molar-refractivity contribution in [3.8, 4) is 0 Å². The van der Waals surface area contributed by atoms with Gasteiger partial charge in [0, 0.05) is 26.4 Å². The number of methoxy groups -OCH3 is 1. The van der Waals surface area contributed by atoms with Crippen molar-refractivity contribution in [1.29, 1.82) is 0 Å². The molecule has 0 amide bonds. The van der Waals surface area contributed by atoms with Crippen molar-refractivity contribution in [2.24, 2.45) is 0 Å². The summed E-state index contributed by atoms with van der Waals surface area (Å²) in [5.74, 6) is -0.473. The molecule has 1 N–H and O–H groups in total. The molecule has 166 valence electrons. The van der Waals surface area contributed by atoms with E-state index < -0.39 is 12.1 Å². The normalized spacial score (nSPS) is 27.8. The van der Waals surface area contributed by atoms with Gasteiger partial charge in [0.25, 0.3) is 0 Å². The SMILES string of the molecule is CCC[C@H]1CC(OC)CC(=O)/C=C/C[C@H](OCc2ccccc2)C[C@@H](O)CC(=O)O1. The minimum absolute atomic E-state index is 0.0390. The van der Waals surface area contributed by atoms with E-state index in [1.165, 1.54) is 0 Å². The number of carbonyl (C=O) groups is 2. The van der Waals surface area contributed by atoms with Gasteiger partial charge in [0.15, 0.2) is 5.78 Å². The molecule has 0 bridgehead atoms. The van der Waals surface area contributed by atoms with Crippen LogP contribution < -0.4 is 0 Å². The second kappa shape index (κ2) is 13.3. The molecule has 1 aliphatic heterocycles. The third-order valence-electron chi connectivity index (χ3n) is 5.17. The molecule has 1 aromatic rings. The largest absolute Gasteiger partial charge is 0.462 e. The second-order valence-electron chi connectivity index (χ2n) is 7.81. The highest BCUT2D eigenvalue weighted by atomic mass is 16.5. The van der Waals surface area contributed by atoms with Crippen LogP contribution >= 0.6 is 0 Å². The average molecular weight is 419 g/mol. The van der Waals surface area contributed by atoms with Crippen LogP contribution in [0.4, 0.5) is 0 Å². The van der Waals surface area contributed by atoms with Gasteiger partial charge in [0.05, 0.1) is 31.3 Å². The first-order chi connectivity index (χ1) is 14.5. The molecule has 1 aromatic carbocycles. The van der Waals surface area contributed by atoms with E-state index in [1.807, 2.05) is 37.3 Å². The molecule has 1 unspecified atom stereocenters. The Morgan fingerprint density at radius 2 is 1.87 bits per heavy atom. The number of aliphatic hydroxyl groups excluding tert-OH is 1. The highest BCUT2D eigenvalue weighted by Crippen LogP contribution is 2.19. The van der Waals surface area contributed by atoms with Crippen molar-refractivity contribution in [2.45, 2.75) is 82.9 Å². The number of rotatable bonds is 6. The lowest BCUT2D eigenvalue weighted by Crippen LogP contribution is -2.29. The average Bonchev–Trinajstić information content (AvgIpc) is 2.71. The fourth-order valence-corrected chi connectivity index (χ4v) is 3.58. The van der Waals surface area contributed by atoms with E-state index in [9.17, 15) is 14.7 Å². The summed E-state index contributed by atoms with van der Waals surface area (Å²) in [4.78, 5) is 24.7. The van der Waals surface area contributed by atoms with Gasteiger partial charge < -0.3 is 19.3 Å². The lowest BCUT2D eigenvalue weighted by molar-refractivity contribution is -0.154. The van der Waals surface area contributed by atoms with Crippen LogP contribution in [-0.2, 0) is 30.4 Å². The van der Waals surface area contributed by atoms with Crippen molar-refractivity contribution < 1.29 is 28.9 Å². The van der Waals surface area contributed by atoms with Crippen LogP contribution in [0.25, 0.3) is 0 Å². The van der Waals surface area contributed by atoms with Crippen LogP contribution in [0, 0.1) is 0 Å². The summed E-state index contributed by atoms with van der Waals surface area (Å²) in [6.45, 7) is 2.41. The van der Waals surface area contributed by atoms with Crippen LogP contribution in [0.1, 0.15) is 57.4 Å². The Labute approximate surface area is 179 Å². The zero-order valence-electron chi connectivity index (χ0n) is 18.0. The molecule has 4 atom stereocenters. The number of ketones is 1. The maximum atomic E-state index is 12.3. The van der Waals surface area contributed by atoms with Gasteiger partial charge in [0.1, 0.15) is 6.10 Å². The monoisotopic (exact) mass is 418 g/mol. The number of cyclic esters (lactones) is 1. The Morgan fingerprint density at radius 1 is 1.10 bits per heavy atom. The molecule has 0 aliphatic carbocycles. The quantitative estimate of drug-likeness (QED) is 0.709. The minimum Gasteiger partial charge on any atom is -0.462 e. The maximum absolute atomic E-state index is 12.3. The molecule has 0 radical (unpaired) electrons. The number of hydrogen-bond donors (Lipinski definition) is 1. The molecular weight excluding hydrogens is 384 g/mol. The Balaban J connectivity index is 2.08. The summed E-state index contributed by atoms with van der Waals surface area (Å²) in [5.41, 5.74) is 1.02. The lowest BCUT2D eigenvalue weighted by Gasteiger charge is -2.24. The molecule has 0 saturated carbocycles. The zero-order valence-corrected chi connectivity index (χ0v) is 18.0. The van der Waals surface area contributed by atoms with E-state index in [4.69, 9.17) is 14.2 Å². The lowest BCUT2D eigenvalue weighted by atomic mass is 10.0. The van der Waals surface area contributed by atoms with Gasteiger partial charge in [-0.3, -0.25) is 9.59 Å². The van der Waals surface area contributed by atoms with Gasteiger partial charge >= 0.3 is 5.97 Å². The Bertz CT molecular complexity index is 672. The van der Waals surface area contributed by atoms with Crippen molar-refractivity contribution >= 4 is 11.8 Å². The maximum Gasteiger partial charge on any atom is 0.308 e. The summed E-state index contributed by atoms with van der Waals surface area (Å²) in [6, 6.07) is 9.75. The van der Waals surface area contributed by atoms with Gasteiger partial charge in [-0.25, -0.2) is 0 Å². The van der Waals surface area contributed by atoms with E-state index in [0.29, 0.717) is 32.3 Å². The van der Waals surface area contributed by atoms with E-state index in [2.05, 4.69) is 0 Å². The van der Waals surface area contributed by atoms with Gasteiger partial charge in [-0.2, -0.15) is 0 Å². The van der Waals surface area contributed by atoms with E-state index in [-0.39, 0.29) is 36.9 Å². The molecule has 6 heteroatoms. The van der Waals surface area contributed by atoms with Gasteiger partial charge in [-0.15, -0.1) is 0 Å². The molecule has 6 nitrogen and oxygen atoms in total. The standard InChI is InChI=1S/C24H34O6/c1-3-8-22-16-23(28-2)13-19(25)11-7-12-21(14-20(26)15-24(27)30-22)29-17-18-9-5-4-6-10-18/h4-7,9-11,20-23,26H,3,8,12-17H2,1-2H3/b11-7+/t20-,21+,22+,23?/m1/s1. The molecule has 0 saturated heterocycles. The predicted octanol–water partition coefficient (Wildman–Crippen LogP) is 3.75. The molecule has 1 aliphatic rings. The topological polar surface area (TPSA) is 82.1 Å². The number of allylic oxidation sites excluding steroid dienone is 1. The molecule has 0 aromatic heterocycles. The first kappa shape index (κ1) is 24.3. The molecule has 2 rings (SSSR count). The fourth-order valence-electron chi connectivity index (χ4n) is 3.58. The molecule has 1 heterocycles. The highest BCUT2D eigenvalue weighted by molar-refractivity contribution is 5.89. The number of carbonyl (C=O) groups excluding carboxylic acids is 2. The summed E-state index contributed by atoms with van der Waals surface area (Å²) in [6.07, 6.45) is 4.44. The third-order valence-corrected chi connectivity index (χ3v) is 5.17. The molecular formula is C24H34O6. The van der Waals surface area contributed by atoms with Crippen LogP contribution in [0.5, 0.6) is 0 Å². The fraction of sp³-hybridized carbons (Fsp3) is 0.583. The number of aliphatic hydroxyl groups is 1. The van der Waals surface area contributed by atoms with Crippen LogP contribution in [-0.4, -0.2) is 48.4 Å². The van der Waals surface area contributed by atoms with E-state index in [0.717, 1.165) is 12.0 Å².